The van der Waals surface area contributed by atoms with Crippen LogP contribution in [0.4, 0.5) is 0 Å². The van der Waals surface area contributed by atoms with Crippen LogP contribution in [0.25, 0.3) is 0 Å². The van der Waals surface area contributed by atoms with Crippen molar-refractivity contribution in [2.24, 2.45) is 17.8 Å². The third-order valence-corrected chi connectivity index (χ3v) is 6.01. The van der Waals surface area contributed by atoms with Gasteiger partial charge in [-0.3, -0.25) is 4.79 Å². The molecule has 2 fully saturated rings. The second-order valence-corrected chi connectivity index (χ2v) is 8.32. The van der Waals surface area contributed by atoms with Crippen LogP contribution in [0.1, 0.15) is 40.0 Å². The number of carboxylic acid groups (broad SMARTS) is 1. The Labute approximate surface area is 120 Å². The van der Waals surface area contributed by atoms with Crippen molar-refractivity contribution in [3.05, 3.63) is 0 Å². The highest BCUT2D eigenvalue weighted by atomic mass is 32.2. The molecule has 3 atom stereocenters. The molecule has 1 aliphatic heterocycles. The molecule has 116 valence electrons. The van der Waals surface area contributed by atoms with E-state index in [-0.39, 0.29) is 5.92 Å². The van der Waals surface area contributed by atoms with Crippen molar-refractivity contribution >= 4 is 16.2 Å². The van der Waals surface area contributed by atoms with E-state index in [4.69, 9.17) is 0 Å². The van der Waals surface area contributed by atoms with Gasteiger partial charge in [0.25, 0.3) is 10.2 Å². The fourth-order valence-electron chi connectivity index (χ4n) is 3.10. The van der Waals surface area contributed by atoms with Crippen molar-refractivity contribution in [3.63, 3.8) is 0 Å². The molecular weight excluding hydrogens is 280 g/mol. The average Bonchev–Trinajstić information content (AvgIpc) is 3.10. The van der Waals surface area contributed by atoms with Gasteiger partial charge in [-0.1, -0.05) is 13.8 Å². The summed E-state index contributed by atoms with van der Waals surface area (Å²) < 4.78 is 28.8. The molecule has 0 aromatic rings. The molecule has 3 unspecified atom stereocenters. The Morgan fingerprint density at radius 3 is 2.15 bits per heavy atom. The van der Waals surface area contributed by atoms with Crippen molar-refractivity contribution in [2.75, 3.05) is 13.1 Å². The van der Waals surface area contributed by atoms with Gasteiger partial charge in [0.05, 0.1) is 0 Å². The first-order valence-electron chi connectivity index (χ1n) is 7.17. The minimum absolute atomic E-state index is 0.102. The van der Waals surface area contributed by atoms with Gasteiger partial charge in [0, 0.05) is 13.1 Å². The molecule has 6 nitrogen and oxygen atoms in total. The van der Waals surface area contributed by atoms with Crippen LogP contribution < -0.4 is 4.72 Å². The summed E-state index contributed by atoms with van der Waals surface area (Å²) in [5.74, 6) is -0.601. The van der Waals surface area contributed by atoms with E-state index >= 15 is 0 Å². The van der Waals surface area contributed by atoms with E-state index in [1.54, 1.807) is 0 Å². The van der Waals surface area contributed by atoms with Crippen LogP contribution in [0.5, 0.6) is 0 Å². The summed E-state index contributed by atoms with van der Waals surface area (Å²) in [7, 11) is -3.75. The first-order valence-corrected chi connectivity index (χ1v) is 8.61. The summed E-state index contributed by atoms with van der Waals surface area (Å²) in [6.07, 6.45) is 2.53. The minimum atomic E-state index is -3.75. The molecule has 2 aliphatic rings. The normalized spacial score (nSPS) is 31.8. The lowest BCUT2D eigenvalue weighted by Gasteiger charge is -2.36. The van der Waals surface area contributed by atoms with Crippen LogP contribution in [0.15, 0.2) is 0 Å². The number of carbonyl (C=O) groups is 1. The average molecular weight is 304 g/mol. The molecule has 2 rings (SSSR count). The Balaban J connectivity index is 2.15. The summed E-state index contributed by atoms with van der Waals surface area (Å²) in [5, 5.41) is 9.36. The molecule has 7 heteroatoms. The number of nitrogens with zero attached hydrogens (tertiary/aromatic N) is 1. The van der Waals surface area contributed by atoms with E-state index in [1.165, 1.54) is 11.2 Å². The summed E-state index contributed by atoms with van der Waals surface area (Å²) in [4.78, 5) is 11.4. The van der Waals surface area contributed by atoms with Crippen molar-refractivity contribution in [2.45, 2.75) is 45.6 Å². The Kier molecular flexibility index (Phi) is 4.15. The van der Waals surface area contributed by atoms with Gasteiger partial charge < -0.3 is 5.11 Å². The SMILES string of the molecule is CC1CC(C)CN(S(=O)(=O)NC(C)(C(=O)O)C2CC2)C1. The molecule has 0 amide bonds. The molecule has 0 bridgehead atoms. The molecule has 0 radical (unpaired) electrons. The van der Waals surface area contributed by atoms with E-state index in [2.05, 4.69) is 4.72 Å². The van der Waals surface area contributed by atoms with Gasteiger partial charge in [-0.25, -0.2) is 0 Å². The number of aliphatic carboxylic acids is 1. The fourth-order valence-corrected chi connectivity index (χ4v) is 4.92. The molecule has 0 spiro atoms. The van der Waals surface area contributed by atoms with Crippen LogP contribution >= 0.6 is 0 Å². The number of carboxylic acids is 1. The van der Waals surface area contributed by atoms with E-state index < -0.39 is 21.7 Å². The van der Waals surface area contributed by atoms with Crippen molar-refractivity contribution in [3.8, 4) is 0 Å². The molecule has 1 heterocycles. The zero-order chi connectivity index (χ0) is 15.1. The Morgan fingerprint density at radius 2 is 1.75 bits per heavy atom. The number of hydrogen-bond donors (Lipinski definition) is 2. The lowest BCUT2D eigenvalue weighted by atomic mass is 9.94. The maximum absolute atomic E-state index is 12.5. The fraction of sp³-hybridized carbons (Fsp3) is 0.923. The lowest BCUT2D eigenvalue weighted by Crippen LogP contribution is -2.59. The largest absolute Gasteiger partial charge is 0.480 e. The summed E-state index contributed by atoms with van der Waals surface area (Å²) >= 11 is 0. The highest BCUT2D eigenvalue weighted by Crippen LogP contribution is 2.40. The van der Waals surface area contributed by atoms with Crippen LogP contribution in [0, 0.1) is 17.8 Å². The van der Waals surface area contributed by atoms with Gasteiger partial charge in [0.15, 0.2) is 0 Å². The standard InChI is InChI=1S/C13H24N2O4S/c1-9-6-10(2)8-15(7-9)20(18,19)14-13(3,12(16)17)11-4-5-11/h9-11,14H,4-8H2,1-3H3,(H,16,17). The zero-order valence-electron chi connectivity index (χ0n) is 12.3. The molecule has 0 aromatic heterocycles. The number of hydrogen-bond acceptors (Lipinski definition) is 3. The molecule has 2 N–H and O–H groups in total. The molecule has 1 saturated heterocycles. The van der Waals surface area contributed by atoms with E-state index in [0.717, 1.165) is 19.3 Å². The maximum atomic E-state index is 12.5. The van der Waals surface area contributed by atoms with E-state index in [0.29, 0.717) is 24.9 Å². The summed E-state index contributed by atoms with van der Waals surface area (Å²) in [6.45, 7) is 6.44. The third kappa shape index (κ3) is 3.15. The predicted molar refractivity (Wildman–Crippen MR) is 75.3 cm³/mol. The molecular formula is C13H24N2O4S. The number of rotatable bonds is 5. The first-order chi connectivity index (χ1) is 9.15. The molecule has 1 saturated carbocycles. The smallest absolute Gasteiger partial charge is 0.324 e. The van der Waals surface area contributed by atoms with Crippen molar-refractivity contribution in [1.29, 1.82) is 0 Å². The van der Waals surface area contributed by atoms with E-state index in [9.17, 15) is 18.3 Å². The Hall–Kier alpha value is -0.660. The van der Waals surface area contributed by atoms with Crippen molar-refractivity contribution < 1.29 is 18.3 Å². The minimum Gasteiger partial charge on any atom is -0.480 e. The quantitative estimate of drug-likeness (QED) is 0.795. The lowest BCUT2D eigenvalue weighted by molar-refractivity contribution is -0.144. The van der Waals surface area contributed by atoms with E-state index in [1.807, 2.05) is 13.8 Å². The number of nitrogens with one attached hydrogen (secondary N) is 1. The highest BCUT2D eigenvalue weighted by molar-refractivity contribution is 7.87. The van der Waals surface area contributed by atoms with Crippen LogP contribution in [-0.4, -0.2) is 42.4 Å². The zero-order valence-corrected chi connectivity index (χ0v) is 13.1. The second-order valence-electron chi connectivity index (χ2n) is 6.65. The summed E-state index contributed by atoms with van der Waals surface area (Å²) in [6, 6.07) is 0. The Bertz CT molecular complexity index is 479. The van der Waals surface area contributed by atoms with Crippen molar-refractivity contribution in [1.82, 2.24) is 9.03 Å². The van der Waals surface area contributed by atoms with Gasteiger partial charge >= 0.3 is 5.97 Å². The Morgan fingerprint density at radius 1 is 1.25 bits per heavy atom. The molecule has 20 heavy (non-hydrogen) atoms. The third-order valence-electron chi connectivity index (χ3n) is 4.35. The van der Waals surface area contributed by atoms with Gasteiger partial charge in [-0.2, -0.15) is 17.4 Å². The van der Waals surface area contributed by atoms with Crippen LogP contribution in [0.3, 0.4) is 0 Å². The maximum Gasteiger partial charge on any atom is 0.324 e. The first kappa shape index (κ1) is 15.7. The predicted octanol–water partition coefficient (Wildman–Crippen LogP) is 1.05. The summed E-state index contributed by atoms with van der Waals surface area (Å²) in [5.41, 5.74) is -1.39. The second kappa shape index (κ2) is 5.27. The van der Waals surface area contributed by atoms with Gasteiger partial charge in [-0.05, 0) is 43.9 Å². The molecule has 0 aromatic carbocycles. The molecule has 1 aliphatic carbocycles. The van der Waals surface area contributed by atoms with Gasteiger partial charge in [-0.15, -0.1) is 0 Å². The van der Waals surface area contributed by atoms with Crippen LogP contribution in [-0.2, 0) is 15.0 Å². The highest BCUT2D eigenvalue weighted by Gasteiger charge is 2.51. The van der Waals surface area contributed by atoms with Crippen LogP contribution in [0.2, 0.25) is 0 Å². The number of piperidine rings is 1. The monoisotopic (exact) mass is 304 g/mol. The van der Waals surface area contributed by atoms with Gasteiger partial charge in [0.1, 0.15) is 5.54 Å². The topological polar surface area (TPSA) is 86.7 Å². The van der Waals surface area contributed by atoms with Gasteiger partial charge in [0.2, 0.25) is 0 Å².